The topological polar surface area (TPSA) is 70.8 Å². The van der Waals surface area contributed by atoms with Crippen molar-refractivity contribution in [2.45, 2.75) is 91.0 Å². The molecule has 2 N–H and O–H groups in total. The van der Waals surface area contributed by atoms with Gasteiger partial charge in [-0.2, -0.15) is 0 Å². The Morgan fingerprint density at radius 1 is 1.14 bits per heavy atom. The molecule has 0 atom stereocenters. The highest BCUT2D eigenvalue weighted by Gasteiger charge is 2.52. The first kappa shape index (κ1) is 23.0. The number of carbonyl (C=O) groups excluding carboxylic acids is 1. The Labute approximate surface area is 174 Å². The Kier molecular flexibility index (Phi) is 6.79. The summed E-state index contributed by atoms with van der Waals surface area (Å²) in [6.45, 7) is 13.7. The van der Waals surface area contributed by atoms with Crippen molar-refractivity contribution in [2.75, 3.05) is 5.73 Å². The SMILES string of the molecule is CC(C)(C)OC(=O)CCCCc1c(Cl)cc(N)cc1B1OC(C)(C)C(C)(C)O1. The number of benzene rings is 1. The van der Waals surface area contributed by atoms with Gasteiger partial charge in [0.1, 0.15) is 5.60 Å². The fourth-order valence-electron chi connectivity index (χ4n) is 3.09. The second-order valence-electron chi connectivity index (χ2n) is 9.45. The Morgan fingerprint density at radius 3 is 2.25 bits per heavy atom. The lowest BCUT2D eigenvalue weighted by molar-refractivity contribution is -0.154. The van der Waals surface area contributed by atoms with E-state index in [1.807, 2.05) is 54.5 Å². The third kappa shape index (κ3) is 5.65. The van der Waals surface area contributed by atoms with E-state index in [9.17, 15) is 4.79 Å². The quantitative estimate of drug-likeness (QED) is 0.329. The van der Waals surface area contributed by atoms with Gasteiger partial charge in [0.15, 0.2) is 0 Å². The van der Waals surface area contributed by atoms with Gasteiger partial charge in [-0.1, -0.05) is 11.6 Å². The van der Waals surface area contributed by atoms with Gasteiger partial charge >= 0.3 is 13.1 Å². The van der Waals surface area contributed by atoms with Crippen molar-refractivity contribution in [3.8, 4) is 0 Å². The van der Waals surface area contributed by atoms with Crippen LogP contribution in [-0.2, 0) is 25.3 Å². The summed E-state index contributed by atoms with van der Waals surface area (Å²) in [5.74, 6) is -0.179. The van der Waals surface area contributed by atoms with Crippen LogP contribution in [0.3, 0.4) is 0 Å². The van der Waals surface area contributed by atoms with E-state index in [1.54, 1.807) is 6.07 Å². The van der Waals surface area contributed by atoms with Crippen molar-refractivity contribution in [3.63, 3.8) is 0 Å². The summed E-state index contributed by atoms with van der Waals surface area (Å²) in [5.41, 5.74) is 7.08. The van der Waals surface area contributed by atoms with Crippen LogP contribution in [0.5, 0.6) is 0 Å². The first-order valence-electron chi connectivity index (χ1n) is 9.87. The van der Waals surface area contributed by atoms with Crippen molar-refractivity contribution in [2.24, 2.45) is 0 Å². The van der Waals surface area contributed by atoms with Crippen molar-refractivity contribution >= 4 is 35.8 Å². The number of nitrogen functional groups attached to an aromatic ring is 1. The molecule has 1 aromatic rings. The van der Waals surface area contributed by atoms with E-state index in [0.717, 1.165) is 23.9 Å². The number of anilines is 1. The molecule has 0 unspecified atom stereocenters. The number of ether oxygens (including phenoxy) is 1. The summed E-state index contributed by atoms with van der Waals surface area (Å²) < 4.78 is 17.7. The Bertz CT molecular complexity index is 712. The fraction of sp³-hybridized carbons (Fsp3) is 0.667. The minimum Gasteiger partial charge on any atom is -0.460 e. The van der Waals surface area contributed by atoms with Crippen LogP contribution in [0, 0.1) is 0 Å². The molecule has 1 aliphatic rings. The summed E-state index contributed by atoms with van der Waals surface area (Å²) in [7, 11) is -0.521. The van der Waals surface area contributed by atoms with Crippen molar-refractivity contribution in [1.29, 1.82) is 0 Å². The Morgan fingerprint density at radius 2 is 1.71 bits per heavy atom. The minimum absolute atomic E-state index is 0.179. The minimum atomic E-state index is -0.521. The second kappa shape index (κ2) is 8.25. The molecule has 0 radical (unpaired) electrons. The molecule has 0 amide bonds. The van der Waals surface area contributed by atoms with Crippen LogP contribution in [0.1, 0.15) is 73.3 Å². The molecule has 0 saturated carbocycles. The van der Waals surface area contributed by atoms with Crippen molar-refractivity contribution in [3.05, 3.63) is 22.7 Å². The van der Waals surface area contributed by atoms with E-state index in [0.29, 0.717) is 23.6 Å². The van der Waals surface area contributed by atoms with E-state index < -0.39 is 23.9 Å². The van der Waals surface area contributed by atoms with Crippen LogP contribution in [0.15, 0.2) is 12.1 Å². The van der Waals surface area contributed by atoms with Gasteiger partial charge in [0.05, 0.1) is 11.2 Å². The molecular weight excluding hydrogens is 376 g/mol. The number of rotatable bonds is 6. The fourth-order valence-corrected chi connectivity index (χ4v) is 3.42. The number of unbranched alkanes of at least 4 members (excludes halogenated alkanes) is 1. The predicted octanol–water partition coefficient (Wildman–Crippen LogP) is 4.28. The smallest absolute Gasteiger partial charge is 0.460 e. The van der Waals surface area contributed by atoms with Crippen LogP contribution < -0.4 is 11.2 Å². The third-order valence-corrected chi connectivity index (χ3v) is 5.57. The molecule has 5 nitrogen and oxygen atoms in total. The van der Waals surface area contributed by atoms with Crippen LogP contribution in [0.4, 0.5) is 5.69 Å². The van der Waals surface area contributed by atoms with Crippen molar-refractivity contribution < 1.29 is 18.8 Å². The first-order valence-corrected chi connectivity index (χ1v) is 10.2. The lowest BCUT2D eigenvalue weighted by atomic mass is 9.74. The number of nitrogens with two attached hydrogens (primary N) is 1. The van der Waals surface area contributed by atoms with E-state index in [2.05, 4.69) is 0 Å². The maximum atomic E-state index is 11.9. The first-order chi connectivity index (χ1) is 12.7. The molecule has 156 valence electrons. The van der Waals surface area contributed by atoms with E-state index >= 15 is 0 Å². The predicted molar refractivity (Wildman–Crippen MR) is 115 cm³/mol. The zero-order chi connectivity index (χ0) is 21.3. The van der Waals surface area contributed by atoms with E-state index in [4.69, 9.17) is 31.4 Å². The van der Waals surface area contributed by atoms with Gasteiger partial charge in [-0.05, 0) is 90.9 Å². The molecule has 1 saturated heterocycles. The second-order valence-corrected chi connectivity index (χ2v) is 9.86. The monoisotopic (exact) mass is 409 g/mol. The summed E-state index contributed by atoms with van der Waals surface area (Å²) in [5, 5.41) is 0.599. The van der Waals surface area contributed by atoms with Gasteiger partial charge in [0.2, 0.25) is 0 Å². The molecule has 0 bridgehead atoms. The number of hydrogen-bond acceptors (Lipinski definition) is 5. The number of hydrogen-bond donors (Lipinski definition) is 1. The summed E-state index contributed by atoms with van der Waals surface area (Å²) in [6, 6.07) is 3.62. The van der Waals surface area contributed by atoms with Gasteiger partial charge in [0.25, 0.3) is 0 Å². The normalized spacial score (nSPS) is 18.4. The zero-order valence-electron chi connectivity index (χ0n) is 18.1. The highest BCUT2D eigenvalue weighted by Crippen LogP contribution is 2.37. The lowest BCUT2D eigenvalue weighted by Gasteiger charge is -2.32. The van der Waals surface area contributed by atoms with Crippen LogP contribution >= 0.6 is 11.6 Å². The number of esters is 1. The average Bonchev–Trinajstić information content (AvgIpc) is 2.71. The molecule has 0 aliphatic carbocycles. The van der Waals surface area contributed by atoms with Crippen molar-refractivity contribution in [1.82, 2.24) is 0 Å². The zero-order valence-corrected chi connectivity index (χ0v) is 18.9. The summed E-state index contributed by atoms with van der Waals surface area (Å²) in [6.07, 6.45) is 2.62. The molecule has 1 fully saturated rings. The number of carbonyl (C=O) groups is 1. The molecule has 2 rings (SSSR count). The van der Waals surface area contributed by atoms with E-state index in [1.165, 1.54) is 0 Å². The van der Waals surface area contributed by atoms with Gasteiger partial charge in [-0.15, -0.1) is 0 Å². The summed E-state index contributed by atoms with van der Waals surface area (Å²) in [4.78, 5) is 11.9. The van der Waals surface area contributed by atoms with Crippen LogP contribution in [0.25, 0.3) is 0 Å². The van der Waals surface area contributed by atoms with E-state index in [-0.39, 0.29) is 5.97 Å². The lowest BCUT2D eigenvalue weighted by Crippen LogP contribution is -2.41. The Hall–Kier alpha value is -1.24. The maximum Gasteiger partial charge on any atom is 0.495 e. The Balaban J connectivity index is 2.08. The molecule has 28 heavy (non-hydrogen) atoms. The third-order valence-electron chi connectivity index (χ3n) is 5.24. The molecule has 0 aromatic heterocycles. The molecule has 1 aromatic carbocycles. The molecule has 0 spiro atoms. The highest BCUT2D eigenvalue weighted by molar-refractivity contribution is 6.63. The van der Waals surface area contributed by atoms with Gasteiger partial charge < -0.3 is 19.8 Å². The molecule has 1 aliphatic heterocycles. The molecule has 1 heterocycles. The van der Waals surface area contributed by atoms with Gasteiger partial charge in [-0.25, -0.2) is 0 Å². The van der Waals surface area contributed by atoms with Crippen LogP contribution in [-0.4, -0.2) is 29.9 Å². The summed E-state index contributed by atoms with van der Waals surface area (Å²) >= 11 is 6.50. The average molecular weight is 410 g/mol. The largest absolute Gasteiger partial charge is 0.495 e. The van der Waals surface area contributed by atoms with Gasteiger partial charge in [-0.3, -0.25) is 4.79 Å². The van der Waals surface area contributed by atoms with Gasteiger partial charge in [0, 0.05) is 17.1 Å². The molecule has 7 heteroatoms. The highest BCUT2D eigenvalue weighted by atomic mass is 35.5. The number of halogens is 1. The standard InChI is InChI=1S/C21H33BClNO4/c1-19(2,3)26-18(25)11-9-8-10-15-16(12-14(24)13-17(15)23)22-27-20(4,5)21(6,7)28-22/h12-13H,8-11,24H2,1-7H3. The van der Waals surface area contributed by atoms with Crippen LogP contribution in [0.2, 0.25) is 5.02 Å². The molecular formula is C21H33BClNO4. The maximum absolute atomic E-state index is 11.9.